The lowest BCUT2D eigenvalue weighted by molar-refractivity contribution is -0.114. The first kappa shape index (κ1) is 17.2. The maximum absolute atomic E-state index is 11.1. The van der Waals surface area contributed by atoms with Crippen LogP contribution in [0.3, 0.4) is 0 Å². The zero-order chi connectivity index (χ0) is 17.8. The summed E-state index contributed by atoms with van der Waals surface area (Å²) in [4.78, 5) is 22.3. The van der Waals surface area contributed by atoms with Crippen LogP contribution in [-0.4, -0.2) is 40.2 Å². The number of aromatic nitrogens is 2. The molecule has 1 saturated heterocycles. The molecular weight excluding hydrogens is 318 g/mol. The molecule has 2 aromatic rings. The average molecular weight is 341 g/mol. The maximum atomic E-state index is 11.1. The SMILES string of the molecule is CC(=O)Nc1ccc(Nc2cc(C)nc(N3CCCC3CO)n2)cc1. The molecule has 7 nitrogen and oxygen atoms in total. The number of nitrogens with zero attached hydrogens (tertiary/aromatic N) is 3. The van der Waals surface area contributed by atoms with Gasteiger partial charge in [-0.15, -0.1) is 0 Å². The van der Waals surface area contributed by atoms with Crippen molar-refractivity contribution in [2.75, 3.05) is 28.7 Å². The zero-order valence-electron chi connectivity index (χ0n) is 14.5. The summed E-state index contributed by atoms with van der Waals surface area (Å²) in [7, 11) is 0. The Morgan fingerprint density at radius 3 is 2.68 bits per heavy atom. The molecule has 0 saturated carbocycles. The summed E-state index contributed by atoms with van der Waals surface area (Å²) in [6, 6.07) is 9.41. The number of rotatable bonds is 5. The van der Waals surface area contributed by atoms with E-state index in [2.05, 4.69) is 25.5 Å². The summed E-state index contributed by atoms with van der Waals surface area (Å²) in [5.41, 5.74) is 2.49. The van der Waals surface area contributed by atoms with Gasteiger partial charge in [-0.2, -0.15) is 4.98 Å². The van der Waals surface area contributed by atoms with E-state index in [1.54, 1.807) is 0 Å². The van der Waals surface area contributed by atoms with E-state index >= 15 is 0 Å². The predicted octanol–water partition coefficient (Wildman–Crippen LogP) is 2.45. The predicted molar refractivity (Wildman–Crippen MR) is 98.3 cm³/mol. The second-order valence-electron chi connectivity index (χ2n) is 6.25. The number of amides is 1. The largest absolute Gasteiger partial charge is 0.394 e. The monoisotopic (exact) mass is 341 g/mol. The van der Waals surface area contributed by atoms with Crippen LogP contribution in [0.4, 0.5) is 23.1 Å². The molecule has 7 heteroatoms. The summed E-state index contributed by atoms with van der Waals surface area (Å²) in [5, 5.41) is 15.5. The van der Waals surface area contributed by atoms with Crippen LogP contribution in [0.2, 0.25) is 0 Å². The van der Waals surface area contributed by atoms with E-state index in [0.717, 1.165) is 36.5 Å². The molecule has 1 aliphatic rings. The van der Waals surface area contributed by atoms with E-state index in [1.165, 1.54) is 6.92 Å². The lowest BCUT2D eigenvalue weighted by Gasteiger charge is -2.23. The molecular formula is C18H23N5O2. The van der Waals surface area contributed by atoms with Crippen LogP contribution in [0.15, 0.2) is 30.3 Å². The van der Waals surface area contributed by atoms with E-state index in [1.807, 2.05) is 37.3 Å². The van der Waals surface area contributed by atoms with Gasteiger partial charge in [0.05, 0.1) is 12.6 Å². The van der Waals surface area contributed by atoms with Gasteiger partial charge in [0.25, 0.3) is 0 Å². The first-order valence-electron chi connectivity index (χ1n) is 8.43. The Labute approximate surface area is 147 Å². The van der Waals surface area contributed by atoms with Crippen molar-refractivity contribution >= 4 is 29.0 Å². The smallest absolute Gasteiger partial charge is 0.227 e. The van der Waals surface area contributed by atoms with Crippen molar-refractivity contribution in [3.05, 3.63) is 36.0 Å². The van der Waals surface area contributed by atoms with E-state index < -0.39 is 0 Å². The van der Waals surface area contributed by atoms with Gasteiger partial charge >= 0.3 is 0 Å². The zero-order valence-corrected chi connectivity index (χ0v) is 14.5. The fraction of sp³-hybridized carbons (Fsp3) is 0.389. The summed E-state index contributed by atoms with van der Waals surface area (Å²) in [6.45, 7) is 4.39. The quantitative estimate of drug-likeness (QED) is 0.774. The topological polar surface area (TPSA) is 90.4 Å². The minimum Gasteiger partial charge on any atom is -0.394 e. The van der Waals surface area contributed by atoms with Crippen LogP contribution in [0.25, 0.3) is 0 Å². The number of anilines is 4. The number of aliphatic hydroxyl groups excluding tert-OH is 1. The van der Waals surface area contributed by atoms with Gasteiger partial charge in [-0.05, 0) is 44.0 Å². The number of benzene rings is 1. The van der Waals surface area contributed by atoms with Crippen molar-refractivity contribution in [1.82, 2.24) is 9.97 Å². The minimum atomic E-state index is -0.0965. The molecule has 1 aromatic heterocycles. The molecule has 1 unspecified atom stereocenters. The van der Waals surface area contributed by atoms with E-state index in [9.17, 15) is 9.90 Å². The third kappa shape index (κ3) is 4.24. The van der Waals surface area contributed by atoms with E-state index in [0.29, 0.717) is 11.8 Å². The Kier molecular flexibility index (Phi) is 5.14. The molecule has 0 radical (unpaired) electrons. The Balaban J connectivity index is 1.77. The Hall–Kier alpha value is -2.67. The Morgan fingerprint density at radius 1 is 1.28 bits per heavy atom. The van der Waals surface area contributed by atoms with E-state index in [4.69, 9.17) is 0 Å². The molecule has 1 aliphatic heterocycles. The molecule has 3 N–H and O–H groups in total. The second kappa shape index (κ2) is 7.48. The number of aryl methyl sites for hydroxylation is 1. The Morgan fingerprint density at radius 2 is 2.00 bits per heavy atom. The van der Waals surface area contributed by atoms with Gasteiger partial charge in [-0.1, -0.05) is 0 Å². The number of nitrogens with one attached hydrogen (secondary N) is 2. The molecule has 1 aromatic carbocycles. The van der Waals surface area contributed by atoms with Gasteiger partial charge in [0.15, 0.2) is 0 Å². The first-order chi connectivity index (χ1) is 12.0. The maximum Gasteiger partial charge on any atom is 0.227 e. The van der Waals surface area contributed by atoms with Crippen LogP contribution in [-0.2, 0) is 4.79 Å². The highest BCUT2D eigenvalue weighted by Crippen LogP contribution is 2.25. The van der Waals surface area contributed by atoms with Crippen molar-refractivity contribution in [3.8, 4) is 0 Å². The van der Waals surface area contributed by atoms with Crippen LogP contribution in [0.5, 0.6) is 0 Å². The lowest BCUT2D eigenvalue weighted by Crippen LogP contribution is -2.33. The lowest BCUT2D eigenvalue weighted by atomic mass is 10.2. The van der Waals surface area contributed by atoms with Gasteiger partial charge in [0, 0.05) is 36.6 Å². The molecule has 1 amide bonds. The highest BCUT2D eigenvalue weighted by Gasteiger charge is 2.26. The van der Waals surface area contributed by atoms with Gasteiger partial charge < -0.3 is 20.6 Å². The van der Waals surface area contributed by atoms with Crippen molar-refractivity contribution in [1.29, 1.82) is 0 Å². The van der Waals surface area contributed by atoms with Crippen molar-refractivity contribution in [2.24, 2.45) is 0 Å². The molecule has 2 heterocycles. The van der Waals surface area contributed by atoms with Gasteiger partial charge in [0.2, 0.25) is 11.9 Å². The molecule has 0 aliphatic carbocycles. The number of carbonyl (C=O) groups excluding carboxylic acids is 1. The van der Waals surface area contributed by atoms with Crippen molar-refractivity contribution in [3.63, 3.8) is 0 Å². The standard InChI is InChI=1S/C18H23N5O2/c1-12-10-17(21-15-7-5-14(6-8-15)20-13(2)25)22-18(19-12)23-9-3-4-16(23)11-24/h5-8,10,16,24H,3-4,9,11H2,1-2H3,(H,20,25)(H,19,21,22). The molecule has 132 valence electrons. The average Bonchev–Trinajstić information content (AvgIpc) is 3.04. The third-order valence-corrected chi connectivity index (χ3v) is 4.16. The highest BCUT2D eigenvalue weighted by atomic mass is 16.3. The summed E-state index contributed by atoms with van der Waals surface area (Å²) in [6.07, 6.45) is 2.00. The number of hydrogen-bond donors (Lipinski definition) is 3. The first-order valence-corrected chi connectivity index (χ1v) is 8.43. The van der Waals surface area contributed by atoms with Crippen LogP contribution in [0.1, 0.15) is 25.5 Å². The van der Waals surface area contributed by atoms with Gasteiger partial charge in [-0.25, -0.2) is 4.98 Å². The van der Waals surface area contributed by atoms with Gasteiger partial charge in [-0.3, -0.25) is 4.79 Å². The molecule has 1 fully saturated rings. The van der Waals surface area contributed by atoms with E-state index in [-0.39, 0.29) is 18.6 Å². The molecule has 3 rings (SSSR count). The highest BCUT2D eigenvalue weighted by molar-refractivity contribution is 5.88. The van der Waals surface area contributed by atoms with Crippen LogP contribution < -0.4 is 15.5 Å². The summed E-state index contributed by atoms with van der Waals surface area (Å²) >= 11 is 0. The fourth-order valence-electron chi connectivity index (χ4n) is 3.02. The normalized spacial score (nSPS) is 16.8. The molecule has 0 spiro atoms. The second-order valence-corrected chi connectivity index (χ2v) is 6.25. The molecule has 25 heavy (non-hydrogen) atoms. The fourth-order valence-corrected chi connectivity index (χ4v) is 3.02. The van der Waals surface area contributed by atoms with Gasteiger partial charge in [0.1, 0.15) is 5.82 Å². The Bertz CT molecular complexity index is 748. The molecule has 1 atom stereocenters. The van der Waals surface area contributed by atoms with Crippen molar-refractivity contribution < 1.29 is 9.90 Å². The van der Waals surface area contributed by atoms with Crippen LogP contribution >= 0.6 is 0 Å². The number of hydrogen-bond acceptors (Lipinski definition) is 6. The number of carbonyl (C=O) groups is 1. The van der Waals surface area contributed by atoms with Crippen LogP contribution in [0, 0.1) is 6.92 Å². The third-order valence-electron chi connectivity index (χ3n) is 4.16. The summed E-state index contributed by atoms with van der Waals surface area (Å²) in [5.74, 6) is 1.26. The summed E-state index contributed by atoms with van der Waals surface area (Å²) < 4.78 is 0. The van der Waals surface area contributed by atoms with Crippen molar-refractivity contribution in [2.45, 2.75) is 32.7 Å². The minimum absolute atomic E-state index is 0.0894. The molecule has 0 bridgehead atoms. The number of aliphatic hydroxyl groups is 1.